The van der Waals surface area contributed by atoms with Gasteiger partial charge in [0.05, 0.1) is 16.5 Å². The summed E-state index contributed by atoms with van der Waals surface area (Å²) in [4.78, 5) is 21.3. The van der Waals surface area contributed by atoms with Gasteiger partial charge in [0, 0.05) is 32.7 Å². The van der Waals surface area contributed by atoms with Crippen LogP contribution in [-0.2, 0) is 6.54 Å². The summed E-state index contributed by atoms with van der Waals surface area (Å²) in [5.74, 6) is 0.416. The van der Waals surface area contributed by atoms with E-state index in [0.29, 0.717) is 17.3 Å². The monoisotopic (exact) mass is 398 g/mol. The van der Waals surface area contributed by atoms with E-state index in [-0.39, 0.29) is 6.04 Å². The van der Waals surface area contributed by atoms with Crippen molar-refractivity contribution in [3.05, 3.63) is 58.8 Å². The van der Waals surface area contributed by atoms with Gasteiger partial charge in [0.25, 0.3) is 0 Å². The van der Waals surface area contributed by atoms with Crippen molar-refractivity contribution >= 4 is 17.3 Å². The van der Waals surface area contributed by atoms with E-state index in [1.165, 1.54) is 0 Å². The maximum atomic E-state index is 11.0. The molecule has 1 N–H and O–H groups in total. The first-order valence-corrected chi connectivity index (χ1v) is 10.1. The van der Waals surface area contributed by atoms with Gasteiger partial charge in [0.15, 0.2) is 0 Å². The van der Waals surface area contributed by atoms with Crippen LogP contribution in [0, 0.1) is 0 Å². The summed E-state index contributed by atoms with van der Waals surface area (Å²) in [6, 6.07) is 11.2. The van der Waals surface area contributed by atoms with Gasteiger partial charge in [0.2, 0.25) is 11.7 Å². The molecular formula is C20H22N4O3S. The van der Waals surface area contributed by atoms with E-state index in [1.807, 2.05) is 29.6 Å². The number of aromatic nitrogens is 2. The van der Waals surface area contributed by atoms with Gasteiger partial charge in [-0.05, 0) is 36.1 Å². The van der Waals surface area contributed by atoms with Gasteiger partial charge in [-0.3, -0.25) is 9.80 Å². The fraction of sp³-hybridized carbons (Fsp3) is 0.350. The summed E-state index contributed by atoms with van der Waals surface area (Å²) in [7, 11) is 0. The molecule has 1 atom stereocenters. The molecule has 0 spiro atoms. The van der Waals surface area contributed by atoms with Crippen LogP contribution < -0.4 is 0 Å². The number of thiophene rings is 1. The molecule has 1 aliphatic rings. The number of rotatable bonds is 6. The SMILES string of the molecule is CC(c1nc(-c2cccs2)no1)N1CCN(Cc2ccc(C(=O)O)cc2)CC1. The van der Waals surface area contributed by atoms with Crippen LogP contribution in [0.5, 0.6) is 0 Å². The summed E-state index contributed by atoms with van der Waals surface area (Å²) in [6.07, 6.45) is 0. The van der Waals surface area contributed by atoms with Crippen LogP contribution in [0.15, 0.2) is 46.3 Å². The van der Waals surface area contributed by atoms with Crippen LogP contribution in [0.3, 0.4) is 0 Å². The lowest BCUT2D eigenvalue weighted by molar-refractivity contribution is 0.0696. The molecular weight excluding hydrogens is 376 g/mol. The molecule has 8 heteroatoms. The lowest BCUT2D eigenvalue weighted by Crippen LogP contribution is -2.46. The number of aromatic carboxylic acids is 1. The molecule has 7 nitrogen and oxygen atoms in total. The first-order chi connectivity index (χ1) is 13.6. The highest BCUT2D eigenvalue weighted by molar-refractivity contribution is 7.13. The zero-order valence-corrected chi connectivity index (χ0v) is 16.4. The topological polar surface area (TPSA) is 82.7 Å². The Kier molecular flexibility index (Phi) is 5.52. The van der Waals surface area contributed by atoms with Gasteiger partial charge in [-0.25, -0.2) is 4.79 Å². The average molecular weight is 398 g/mol. The van der Waals surface area contributed by atoms with E-state index in [2.05, 4.69) is 26.9 Å². The third-order valence-corrected chi connectivity index (χ3v) is 5.97. The van der Waals surface area contributed by atoms with Crippen molar-refractivity contribution in [3.63, 3.8) is 0 Å². The maximum Gasteiger partial charge on any atom is 0.335 e. The van der Waals surface area contributed by atoms with Crippen LogP contribution >= 0.6 is 11.3 Å². The molecule has 0 saturated carbocycles. The molecule has 28 heavy (non-hydrogen) atoms. The Morgan fingerprint density at radius 1 is 1.21 bits per heavy atom. The molecule has 1 fully saturated rings. The Morgan fingerprint density at radius 3 is 2.61 bits per heavy atom. The van der Waals surface area contributed by atoms with Crippen molar-refractivity contribution in [3.8, 4) is 10.7 Å². The second-order valence-electron chi connectivity index (χ2n) is 6.92. The summed E-state index contributed by atoms with van der Waals surface area (Å²) in [6.45, 7) is 6.65. The van der Waals surface area contributed by atoms with Gasteiger partial charge < -0.3 is 9.63 Å². The average Bonchev–Trinajstić information content (AvgIpc) is 3.40. The molecule has 3 heterocycles. The molecule has 1 unspecified atom stereocenters. The van der Waals surface area contributed by atoms with Gasteiger partial charge in [-0.2, -0.15) is 4.98 Å². The van der Waals surface area contributed by atoms with Crippen LogP contribution in [0.25, 0.3) is 10.7 Å². The maximum absolute atomic E-state index is 11.0. The number of carboxylic acid groups (broad SMARTS) is 1. The van der Waals surface area contributed by atoms with E-state index in [1.54, 1.807) is 23.5 Å². The minimum Gasteiger partial charge on any atom is -0.478 e. The van der Waals surface area contributed by atoms with Crippen molar-refractivity contribution < 1.29 is 14.4 Å². The normalized spacial score (nSPS) is 16.9. The second-order valence-corrected chi connectivity index (χ2v) is 7.87. The van der Waals surface area contributed by atoms with Gasteiger partial charge in [0.1, 0.15) is 0 Å². The standard InChI is InChI=1S/C20H22N4O3S/c1-14(19-21-18(22-27-19)17-3-2-12-28-17)24-10-8-23(9-11-24)13-15-4-6-16(7-5-15)20(25)26/h2-7,12,14H,8-11,13H2,1H3,(H,25,26). The zero-order chi connectivity index (χ0) is 19.5. The predicted octanol–water partition coefficient (Wildman–Crippen LogP) is 3.38. The fourth-order valence-electron chi connectivity index (χ4n) is 3.39. The lowest BCUT2D eigenvalue weighted by Gasteiger charge is -2.36. The van der Waals surface area contributed by atoms with Crippen molar-refractivity contribution in [2.24, 2.45) is 0 Å². The van der Waals surface area contributed by atoms with Gasteiger partial charge in [-0.1, -0.05) is 23.4 Å². The smallest absolute Gasteiger partial charge is 0.335 e. The van der Waals surface area contributed by atoms with Crippen molar-refractivity contribution in [2.75, 3.05) is 26.2 Å². The molecule has 0 bridgehead atoms. The fourth-order valence-corrected chi connectivity index (χ4v) is 4.04. The van der Waals surface area contributed by atoms with Crippen LogP contribution in [0.4, 0.5) is 0 Å². The number of benzene rings is 1. The number of piperazine rings is 1. The Bertz CT molecular complexity index is 915. The molecule has 2 aromatic heterocycles. The number of hydrogen-bond donors (Lipinski definition) is 1. The van der Waals surface area contributed by atoms with Crippen LogP contribution in [-0.4, -0.2) is 57.2 Å². The van der Waals surface area contributed by atoms with Crippen LogP contribution in [0.2, 0.25) is 0 Å². The largest absolute Gasteiger partial charge is 0.478 e. The van der Waals surface area contributed by atoms with Gasteiger partial charge in [-0.15, -0.1) is 11.3 Å². The lowest BCUT2D eigenvalue weighted by atomic mass is 10.1. The Morgan fingerprint density at radius 2 is 1.96 bits per heavy atom. The quantitative estimate of drug-likeness (QED) is 0.681. The van der Waals surface area contributed by atoms with E-state index >= 15 is 0 Å². The number of carboxylic acids is 1. The summed E-state index contributed by atoms with van der Waals surface area (Å²) < 4.78 is 5.50. The summed E-state index contributed by atoms with van der Waals surface area (Å²) >= 11 is 1.60. The van der Waals surface area contributed by atoms with Gasteiger partial charge >= 0.3 is 5.97 Å². The number of nitrogens with zero attached hydrogens (tertiary/aromatic N) is 4. The van der Waals surface area contributed by atoms with E-state index in [4.69, 9.17) is 9.63 Å². The predicted molar refractivity (Wildman–Crippen MR) is 106 cm³/mol. The third kappa shape index (κ3) is 4.14. The molecule has 1 aliphatic heterocycles. The Hall–Kier alpha value is -2.55. The highest BCUT2D eigenvalue weighted by Gasteiger charge is 2.26. The Labute approximate surface area is 167 Å². The minimum atomic E-state index is -0.891. The van der Waals surface area contributed by atoms with Crippen LogP contribution in [0.1, 0.15) is 34.8 Å². The second kappa shape index (κ2) is 8.22. The van der Waals surface area contributed by atoms with E-state index in [0.717, 1.165) is 43.2 Å². The van der Waals surface area contributed by atoms with Crippen molar-refractivity contribution in [2.45, 2.75) is 19.5 Å². The van der Waals surface area contributed by atoms with Crippen molar-refractivity contribution in [1.29, 1.82) is 0 Å². The summed E-state index contributed by atoms with van der Waals surface area (Å²) in [5, 5.41) is 15.1. The first-order valence-electron chi connectivity index (χ1n) is 9.26. The first kappa shape index (κ1) is 18.8. The molecule has 1 aromatic carbocycles. The molecule has 0 aliphatic carbocycles. The molecule has 146 valence electrons. The number of hydrogen-bond acceptors (Lipinski definition) is 7. The minimum absolute atomic E-state index is 0.0817. The highest BCUT2D eigenvalue weighted by Crippen LogP contribution is 2.26. The molecule has 0 radical (unpaired) electrons. The molecule has 1 saturated heterocycles. The third-order valence-electron chi connectivity index (χ3n) is 5.10. The molecule has 4 rings (SSSR count). The molecule has 3 aromatic rings. The zero-order valence-electron chi connectivity index (χ0n) is 15.6. The number of carbonyl (C=O) groups is 1. The summed E-state index contributed by atoms with van der Waals surface area (Å²) in [5.41, 5.74) is 1.45. The Balaban J connectivity index is 1.31. The van der Waals surface area contributed by atoms with E-state index < -0.39 is 5.97 Å². The van der Waals surface area contributed by atoms with Crippen molar-refractivity contribution in [1.82, 2.24) is 19.9 Å². The van der Waals surface area contributed by atoms with E-state index in [9.17, 15) is 4.79 Å². The molecule has 0 amide bonds. The highest BCUT2D eigenvalue weighted by atomic mass is 32.1.